The van der Waals surface area contributed by atoms with Crippen LogP contribution in [0, 0.1) is 0 Å². The molecule has 104 valence electrons. The summed E-state index contributed by atoms with van der Waals surface area (Å²) in [6, 6.07) is -1.39. The van der Waals surface area contributed by atoms with Crippen molar-refractivity contribution < 1.29 is 32.3 Å². The zero-order chi connectivity index (χ0) is 13.9. The normalized spacial score (nSPS) is 15.6. The molecule has 0 heterocycles. The highest BCUT2D eigenvalue weighted by Crippen LogP contribution is 2.27. The Hall–Kier alpha value is -1.54. The molecule has 1 rings (SSSR count). The maximum atomic E-state index is 12.5. The van der Waals surface area contributed by atoms with Crippen molar-refractivity contribution >= 4 is 12.0 Å². The molecule has 1 aliphatic rings. The number of halogens is 4. The van der Waals surface area contributed by atoms with Crippen LogP contribution >= 0.6 is 0 Å². The molecule has 0 radical (unpaired) electrons. The van der Waals surface area contributed by atoms with Crippen LogP contribution in [-0.4, -0.2) is 53.5 Å². The molecular weight excluding hydrogens is 260 g/mol. The molecule has 2 N–H and O–H groups in total. The lowest BCUT2D eigenvalue weighted by atomic mass is 10.3. The predicted molar refractivity (Wildman–Crippen MR) is 51.7 cm³/mol. The Morgan fingerprint density at radius 3 is 2.33 bits per heavy atom. The van der Waals surface area contributed by atoms with E-state index >= 15 is 0 Å². The van der Waals surface area contributed by atoms with Crippen molar-refractivity contribution in [2.45, 2.75) is 31.2 Å². The Balaban J connectivity index is 2.49. The standard InChI is InChI=1S/C9H12F4N2O3/c10-7(11)9(12,13)4-14-8(18)15(3-6(16)17)5-1-2-5/h5,7H,1-4H2,(H,14,18)(H,16,17). The molecule has 0 aromatic heterocycles. The number of rotatable bonds is 6. The zero-order valence-corrected chi connectivity index (χ0v) is 9.21. The van der Waals surface area contributed by atoms with Crippen LogP contribution in [0.5, 0.6) is 0 Å². The fourth-order valence-corrected chi connectivity index (χ4v) is 1.27. The minimum absolute atomic E-state index is 0.318. The van der Waals surface area contributed by atoms with Gasteiger partial charge in [0.15, 0.2) is 0 Å². The summed E-state index contributed by atoms with van der Waals surface area (Å²) >= 11 is 0. The SMILES string of the molecule is O=C(O)CN(C(=O)NCC(F)(F)C(F)F)C1CC1. The van der Waals surface area contributed by atoms with E-state index in [1.54, 1.807) is 5.32 Å². The van der Waals surface area contributed by atoms with Crippen LogP contribution in [0.3, 0.4) is 0 Å². The lowest BCUT2D eigenvalue weighted by Gasteiger charge is -2.22. The van der Waals surface area contributed by atoms with Crippen LogP contribution in [0.2, 0.25) is 0 Å². The van der Waals surface area contributed by atoms with Crippen LogP contribution < -0.4 is 5.32 Å². The van der Waals surface area contributed by atoms with Crippen molar-refractivity contribution in [3.05, 3.63) is 0 Å². The van der Waals surface area contributed by atoms with Crippen molar-refractivity contribution in [3.8, 4) is 0 Å². The number of amides is 2. The van der Waals surface area contributed by atoms with E-state index in [0.29, 0.717) is 12.8 Å². The van der Waals surface area contributed by atoms with Gasteiger partial charge in [0.05, 0.1) is 6.54 Å². The number of hydrogen-bond acceptors (Lipinski definition) is 2. The van der Waals surface area contributed by atoms with Crippen molar-refractivity contribution in [3.63, 3.8) is 0 Å². The third-order valence-electron chi connectivity index (χ3n) is 2.35. The zero-order valence-electron chi connectivity index (χ0n) is 9.21. The molecule has 0 unspecified atom stereocenters. The molecule has 5 nitrogen and oxygen atoms in total. The fraction of sp³-hybridized carbons (Fsp3) is 0.778. The number of nitrogens with zero attached hydrogens (tertiary/aromatic N) is 1. The molecule has 1 saturated carbocycles. The monoisotopic (exact) mass is 272 g/mol. The summed E-state index contributed by atoms with van der Waals surface area (Å²) in [7, 11) is 0. The first-order valence-electron chi connectivity index (χ1n) is 5.16. The topological polar surface area (TPSA) is 69.6 Å². The average Bonchev–Trinajstić information content (AvgIpc) is 3.06. The molecule has 0 aliphatic heterocycles. The summed E-state index contributed by atoms with van der Waals surface area (Å²) in [6.07, 6.45) is -2.73. The summed E-state index contributed by atoms with van der Waals surface area (Å²) < 4.78 is 48.8. The number of carboxylic acids is 1. The molecule has 9 heteroatoms. The van der Waals surface area contributed by atoms with Crippen molar-refractivity contribution in [2.24, 2.45) is 0 Å². The van der Waals surface area contributed by atoms with E-state index in [1.807, 2.05) is 0 Å². The van der Waals surface area contributed by atoms with Gasteiger partial charge in [-0.2, -0.15) is 8.78 Å². The number of carbonyl (C=O) groups is 2. The molecule has 0 aromatic carbocycles. The van der Waals surface area contributed by atoms with Gasteiger partial charge in [-0.05, 0) is 12.8 Å². The van der Waals surface area contributed by atoms with Crippen LogP contribution in [0.15, 0.2) is 0 Å². The molecule has 0 bridgehead atoms. The van der Waals surface area contributed by atoms with Gasteiger partial charge in [-0.25, -0.2) is 13.6 Å². The Morgan fingerprint density at radius 2 is 1.94 bits per heavy atom. The Bertz CT molecular complexity index is 334. The quantitative estimate of drug-likeness (QED) is 0.712. The van der Waals surface area contributed by atoms with Crippen LogP contribution in [0.1, 0.15) is 12.8 Å². The smallest absolute Gasteiger partial charge is 0.324 e. The lowest BCUT2D eigenvalue weighted by Crippen LogP contribution is -2.49. The van der Waals surface area contributed by atoms with Gasteiger partial charge in [-0.3, -0.25) is 4.79 Å². The molecule has 1 fully saturated rings. The van der Waals surface area contributed by atoms with Gasteiger partial charge < -0.3 is 15.3 Å². The Kier molecular flexibility index (Phi) is 4.36. The van der Waals surface area contributed by atoms with Gasteiger partial charge in [0.1, 0.15) is 6.54 Å². The van der Waals surface area contributed by atoms with Crippen molar-refractivity contribution in [2.75, 3.05) is 13.1 Å². The molecular formula is C9H12F4N2O3. The van der Waals surface area contributed by atoms with Crippen LogP contribution in [0.4, 0.5) is 22.4 Å². The van der Waals surface area contributed by atoms with E-state index in [0.717, 1.165) is 4.90 Å². The van der Waals surface area contributed by atoms with E-state index in [1.165, 1.54) is 0 Å². The Labute approximate surface area is 99.7 Å². The summed E-state index contributed by atoms with van der Waals surface area (Å²) in [6.45, 7) is -2.16. The molecule has 0 atom stereocenters. The maximum Gasteiger partial charge on any atom is 0.324 e. The highest BCUT2D eigenvalue weighted by Gasteiger charge is 2.42. The van der Waals surface area contributed by atoms with Crippen molar-refractivity contribution in [1.29, 1.82) is 0 Å². The molecule has 2 amide bonds. The van der Waals surface area contributed by atoms with Gasteiger partial charge in [-0.15, -0.1) is 0 Å². The summed E-state index contributed by atoms with van der Waals surface area (Å²) in [5, 5.41) is 10.2. The third kappa shape index (κ3) is 4.04. The summed E-state index contributed by atoms with van der Waals surface area (Å²) in [5.74, 6) is -5.62. The van der Waals surface area contributed by atoms with Crippen molar-refractivity contribution in [1.82, 2.24) is 10.2 Å². The number of aliphatic carboxylic acids is 1. The van der Waals surface area contributed by atoms with Gasteiger partial charge in [0.2, 0.25) is 0 Å². The number of alkyl halides is 4. The molecule has 0 aromatic rings. The second-order valence-electron chi connectivity index (χ2n) is 3.97. The first kappa shape index (κ1) is 14.5. The number of nitrogens with one attached hydrogen (secondary N) is 1. The van der Waals surface area contributed by atoms with E-state index in [-0.39, 0.29) is 6.04 Å². The second kappa shape index (κ2) is 5.40. The van der Waals surface area contributed by atoms with Crippen LogP contribution in [0.25, 0.3) is 0 Å². The Morgan fingerprint density at radius 1 is 1.39 bits per heavy atom. The average molecular weight is 272 g/mol. The van der Waals surface area contributed by atoms with Gasteiger partial charge in [0, 0.05) is 6.04 Å². The predicted octanol–water partition coefficient (Wildman–Crippen LogP) is 1.15. The number of hydrogen-bond donors (Lipinski definition) is 2. The molecule has 0 spiro atoms. The molecule has 0 saturated heterocycles. The lowest BCUT2D eigenvalue weighted by molar-refractivity contribution is -0.137. The van der Waals surface area contributed by atoms with E-state index in [9.17, 15) is 27.2 Å². The summed E-state index contributed by atoms with van der Waals surface area (Å²) in [4.78, 5) is 22.7. The number of urea groups is 1. The first-order valence-corrected chi connectivity index (χ1v) is 5.16. The molecule has 1 aliphatic carbocycles. The van der Waals surface area contributed by atoms with E-state index in [2.05, 4.69) is 0 Å². The van der Waals surface area contributed by atoms with Gasteiger partial charge in [0.25, 0.3) is 0 Å². The third-order valence-corrected chi connectivity index (χ3v) is 2.35. The first-order chi connectivity index (χ1) is 8.24. The minimum Gasteiger partial charge on any atom is -0.480 e. The van der Waals surface area contributed by atoms with Gasteiger partial charge in [-0.1, -0.05) is 0 Å². The highest BCUT2D eigenvalue weighted by molar-refractivity contribution is 5.80. The summed E-state index contributed by atoms with van der Waals surface area (Å²) in [5.41, 5.74) is 0. The second-order valence-corrected chi connectivity index (χ2v) is 3.97. The van der Waals surface area contributed by atoms with E-state index < -0.39 is 37.4 Å². The van der Waals surface area contributed by atoms with Crippen LogP contribution in [-0.2, 0) is 4.79 Å². The highest BCUT2D eigenvalue weighted by atomic mass is 19.3. The largest absolute Gasteiger partial charge is 0.480 e. The molecule has 18 heavy (non-hydrogen) atoms. The minimum atomic E-state index is -4.33. The number of carbonyl (C=O) groups excluding carboxylic acids is 1. The maximum absolute atomic E-state index is 12.5. The fourth-order valence-electron chi connectivity index (χ4n) is 1.27. The van der Waals surface area contributed by atoms with E-state index in [4.69, 9.17) is 5.11 Å². The number of carboxylic acid groups (broad SMARTS) is 1. The van der Waals surface area contributed by atoms with Gasteiger partial charge >= 0.3 is 24.3 Å².